The van der Waals surface area contributed by atoms with Gasteiger partial charge in [-0.3, -0.25) is 0 Å². The average molecular weight is 236 g/mol. The summed E-state index contributed by atoms with van der Waals surface area (Å²) in [6, 6.07) is 1.89. The van der Waals surface area contributed by atoms with E-state index >= 15 is 0 Å². The van der Waals surface area contributed by atoms with Crippen LogP contribution >= 0.6 is 27.5 Å². The summed E-state index contributed by atoms with van der Waals surface area (Å²) in [5, 5.41) is 0.494. The van der Waals surface area contributed by atoms with E-state index in [-0.39, 0.29) is 0 Å². The van der Waals surface area contributed by atoms with Gasteiger partial charge in [-0.05, 0) is 28.9 Å². The third kappa shape index (κ3) is 1.92. The van der Waals surface area contributed by atoms with Crippen molar-refractivity contribution in [3.63, 3.8) is 0 Å². The molecule has 2 nitrogen and oxygen atoms in total. The van der Waals surface area contributed by atoms with Gasteiger partial charge in [-0.25, -0.2) is 4.98 Å². The number of nitrogens with two attached hydrogens (primary N) is 1. The first-order valence-corrected chi connectivity index (χ1v) is 4.34. The molecule has 0 radical (unpaired) electrons. The summed E-state index contributed by atoms with van der Waals surface area (Å²) in [6.07, 6.45) is 0. The molecule has 0 unspecified atom stereocenters. The monoisotopic (exact) mass is 234 g/mol. The topological polar surface area (TPSA) is 38.9 Å². The summed E-state index contributed by atoms with van der Waals surface area (Å²) >= 11 is 9.13. The Bertz CT molecular complexity index is 275. The molecule has 0 atom stereocenters. The molecule has 0 aliphatic rings. The molecule has 0 fully saturated rings. The summed E-state index contributed by atoms with van der Waals surface area (Å²) in [4.78, 5) is 4.08. The van der Waals surface area contributed by atoms with Gasteiger partial charge in [0.25, 0.3) is 0 Å². The first-order valence-electron chi connectivity index (χ1n) is 3.16. The van der Waals surface area contributed by atoms with Crippen molar-refractivity contribution in [3.8, 4) is 0 Å². The van der Waals surface area contributed by atoms with Crippen LogP contribution in [-0.2, 0) is 6.54 Å². The van der Waals surface area contributed by atoms with Crippen LogP contribution in [0.25, 0.3) is 0 Å². The molecule has 0 saturated heterocycles. The zero-order chi connectivity index (χ0) is 8.43. The number of aromatic nitrogens is 1. The maximum absolute atomic E-state index is 5.79. The van der Waals surface area contributed by atoms with Crippen LogP contribution in [0, 0.1) is 6.92 Å². The van der Waals surface area contributed by atoms with E-state index in [4.69, 9.17) is 17.3 Å². The number of hydrogen-bond donors (Lipinski definition) is 1. The zero-order valence-electron chi connectivity index (χ0n) is 6.06. The third-order valence-electron chi connectivity index (χ3n) is 1.40. The quantitative estimate of drug-likeness (QED) is 0.759. The van der Waals surface area contributed by atoms with Crippen molar-refractivity contribution in [3.05, 3.63) is 26.9 Å². The summed E-state index contributed by atoms with van der Waals surface area (Å²) in [5.74, 6) is 0. The van der Waals surface area contributed by atoms with Crippen LogP contribution in [0.4, 0.5) is 0 Å². The lowest BCUT2D eigenvalue weighted by Gasteiger charge is -2.02. The smallest absolute Gasteiger partial charge is 0.133 e. The average Bonchev–Trinajstić information content (AvgIpc) is 1.97. The second-order valence-electron chi connectivity index (χ2n) is 2.21. The molecule has 0 aromatic carbocycles. The normalized spacial score (nSPS) is 10.2. The van der Waals surface area contributed by atoms with Gasteiger partial charge in [-0.2, -0.15) is 0 Å². The molecule has 1 heterocycles. The molecule has 1 aromatic heterocycles. The minimum Gasteiger partial charge on any atom is -0.326 e. The van der Waals surface area contributed by atoms with Crippen molar-refractivity contribution in [1.29, 1.82) is 0 Å². The molecule has 1 aromatic rings. The lowest BCUT2D eigenvalue weighted by atomic mass is 10.2. The molecule has 0 bridgehead atoms. The fraction of sp³-hybridized carbons (Fsp3) is 0.286. The van der Waals surface area contributed by atoms with Crippen LogP contribution in [-0.4, -0.2) is 4.98 Å². The first kappa shape index (κ1) is 8.97. The molecule has 0 saturated carbocycles. The van der Waals surface area contributed by atoms with E-state index in [9.17, 15) is 0 Å². The van der Waals surface area contributed by atoms with E-state index in [0.29, 0.717) is 11.7 Å². The van der Waals surface area contributed by atoms with E-state index in [1.165, 1.54) is 0 Å². The summed E-state index contributed by atoms with van der Waals surface area (Å²) in [7, 11) is 0. The lowest BCUT2D eigenvalue weighted by Crippen LogP contribution is -1.99. The Morgan fingerprint density at radius 2 is 2.36 bits per heavy atom. The Morgan fingerprint density at radius 3 is 2.91 bits per heavy atom. The van der Waals surface area contributed by atoms with E-state index in [1.54, 1.807) is 0 Å². The molecule has 2 N–H and O–H groups in total. The first-order chi connectivity index (χ1) is 5.15. The van der Waals surface area contributed by atoms with Gasteiger partial charge in [-0.1, -0.05) is 11.6 Å². The van der Waals surface area contributed by atoms with Crippen LogP contribution in [0.2, 0.25) is 5.15 Å². The van der Waals surface area contributed by atoms with Crippen molar-refractivity contribution in [2.24, 2.45) is 5.73 Å². The van der Waals surface area contributed by atoms with Crippen molar-refractivity contribution in [2.45, 2.75) is 13.5 Å². The van der Waals surface area contributed by atoms with Gasteiger partial charge >= 0.3 is 0 Å². The highest BCUT2D eigenvalue weighted by Crippen LogP contribution is 2.20. The standard InChI is InChI=1S/C7H8BrClN2/c1-4-6(8)2-5(3-10)7(9)11-4/h2H,3,10H2,1H3. The highest BCUT2D eigenvalue weighted by atomic mass is 79.9. The van der Waals surface area contributed by atoms with E-state index in [2.05, 4.69) is 20.9 Å². The van der Waals surface area contributed by atoms with Crippen molar-refractivity contribution in [1.82, 2.24) is 4.98 Å². The second kappa shape index (κ2) is 3.52. The highest BCUT2D eigenvalue weighted by Gasteiger charge is 2.03. The van der Waals surface area contributed by atoms with Crippen LogP contribution in [0.1, 0.15) is 11.3 Å². The fourth-order valence-corrected chi connectivity index (χ4v) is 1.36. The Balaban J connectivity index is 3.21. The molecule has 0 aliphatic carbocycles. The van der Waals surface area contributed by atoms with Crippen molar-refractivity contribution in [2.75, 3.05) is 0 Å². The summed E-state index contributed by atoms with van der Waals surface area (Å²) in [6.45, 7) is 2.31. The Hall–Kier alpha value is -0.120. The maximum atomic E-state index is 5.79. The number of pyridine rings is 1. The third-order valence-corrected chi connectivity index (χ3v) is 2.53. The van der Waals surface area contributed by atoms with Crippen LogP contribution in [0.15, 0.2) is 10.5 Å². The van der Waals surface area contributed by atoms with Crippen LogP contribution in [0.5, 0.6) is 0 Å². The van der Waals surface area contributed by atoms with Gasteiger partial charge in [-0.15, -0.1) is 0 Å². The molecule has 0 spiro atoms. The highest BCUT2D eigenvalue weighted by molar-refractivity contribution is 9.10. The number of rotatable bonds is 1. The van der Waals surface area contributed by atoms with Crippen molar-refractivity contribution >= 4 is 27.5 Å². The molecular weight excluding hydrogens is 227 g/mol. The minimum absolute atomic E-state index is 0.421. The van der Waals surface area contributed by atoms with Crippen LogP contribution in [0.3, 0.4) is 0 Å². The Morgan fingerprint density at radius 1 is 1.73 bits per heavy atom. The largest absolute Gasteiger partial charge is 0.326 e. The Labute approximate surface area is 78.9 Å². The molecule has 60 valence electrons. The summed E-state index contributed by atoms with van der Waals surface area (Å²) < 4.78 is 0.947. The number of nitrogens with zero attached hydrogens (tertiary/aromatic N) is 1. The predicted octanol–water partition coefficient (Wildman–Crippen LogP) is 2.26. The predicted molar refractivity (Wildman–Crippen MR) is 49.6 cm³/mol. The van der Waals surface area contributed by atoms with Gasteiger partial charge in [0.15, 0.2) is 0 Å². The van der Waals surface area contributed by atoms with E-state index in [0.717, 1.165) is 15.7 Å². The van der Waals surface area contributed by atoms with Gasteiger partial charge in [0.2, 0.25) is 0 Å². The van der Waals surface area contributed by atoms with E-state index in [1.807, 2.05) is 13.0 Å². The lowest BCUT2D eigenvalue weighted by molar-refractivity contribution is 1.03. The molecule has 0 amide bonds. The van der Waals surface area contributed by atoms with Gasteiger partial charge in [0, 0.05) is 16.6 Å². The molecular formula is C7H8BrClN2. The Kier molecular flexibility index (Phi) is 2.87. The van der Waals surface area contributed by atoms with Crippen molar-refractivity contribution < 1.29 is 0 Å². The SMILES string of the molecule is Cc1nc(Cl)c(CN)cc1Br. The minimum atomic E-state index is 0.421. The van der Waals surface area contributed by atoms with E-state index < -0.39 is 0 Å². The van der Waals surface area contributed by atoms with Gasteiger partial charge < -0.3 is 5.73 Å². The van der Waals surface area contributed by atoms with Gasteiger partial charge in [0.05, 0.1) is 5.69 Å². The fourth-order valence-electron chi connectivity index (χ4n) is 0.733. The number of halogens is 2. The number of hydrogen-bond acceptors (Lipinski definition) is 2. The molecule has 1 rings (SSSR count). The molecule has 0 aliphatic heterocycles. The van der Waals surface area contributed by atoms with Gasteiger partial charge in [0.1, 0.15) is 5.15 Å². The summed E-state index contributed by atoms with van der Waals surface area (Å²) in [5.41, 5.74) is 7.17. The molecule has 11 heavy (non-hydrogen) atoms. The zero-order valence-corrected chi connectivity index (χ0v) is 8.41. The van der Waals surface area contributed by atoms with Crippen LogP contribution < -0.4 is 5.73 Å². The number of aryl methyl sites for hydroxylation is 1. The molecule has 4 heteroatoms. The maximum Gasteiger partial charge on any atom is 0.133 e. The second-order valence-corrected chi connectivity index (χ2v) is 3.42.